The van der Waals surface area contributed by atoms with Gasteiger partial charge in [-0.05, 0) is 35.0 Å². The minimum Gasteiger partial charge on any atom is -0.507 e. The van der Waals surface area contributed by atoms with Gasteiger partial charge in [-0.1, -0.05) is 30.3 Å². The van der Waals surface area contributed by atoms with E-state index in [1.807, 2.05) is 36.4 Å². The number of aromatic nitrogens is 1. The molecular weight excluding hydrogens is 316 g/mol. The van der Waals surface area contributed by atoms with Crippen LogP contribution in [0.2, 0.25) is 0 Å². The van der Waals surface area contributed by atoms with Crippen molar-refractivity contribution < 1.29 is 10.0 Å². The molecule has 25 heavy (non-hydrogen) atoms. The molecule has 0 unspecified atom stereocenters. The second-order valence-corrected chi connectivity index (χ2v) is 6.11. The highest BCUT2D eigenvalue weighted by molar-refractivity contribution is 6.29. The predicted octanol–water partition coefficient (Wildman–Crippen LogP) is 5.24. The fourth-order valence-corrected chi connectivity index (χ4v) is 3.74. The van der Waals surface area contributed by atoms with Gasteiger partial charge in [-0.3, -0.25) is 10.1 Å². The van der Waals surface area contributed by atoms with Gasteiger partial charge in [-0.15, -0.1) is 0 Å². The highest BCUT2D eigenvalue weighted by Gasteiger charge is 2.19. The second kappa shape index (κ2) is 4.70. The fourth-order valence-electron chi connectivity index (χ4n) is 3.74. The first-order valence-electron chi connectivity index (χ1n) is 7.87. The monoisotopic (exact) mass is 328 g/mol. The zero-order valence-corrected chi connectivity index (χ0v) is 13.0. The number of aromatic hydroxyl groups is 1. The number of hydrogen-bond donors (Lipinski definition) is 2. The summed E-state index contributed by atoms with van der Waals surface area (Å²) < 4.78 is 0. The lowest BCUT2D eigenvalue weighted by atomic mass is 9.98. The summed E-state index contributed by atoms with van der Waals surface area (Å²) >= 11 is 0. The third-order valence-electron chi connectivity index (χ3n) is 4.78. The molecular formula is C20H12N2O3. The van der Waals surface area contributed by atoms with Crippen LogP contribution >= 0.6 is 0 Å². The number of fused-ring (bicyclic) bond motifs is 7. The molecule has 0 atom stereocenters. The molecule has 0 aliphatic rings. The summed E-state index contributed by atoms with van der Waals surface area (Å²) in [5.74, 6) is 0.222. The van der Waals surface area contributed by atoms with Gasteiger partial charge in [0.25, 0.3) is 5.69 Å². The number of hydrogen-bond acceptors (Lipinski definition) is 3. The van der Waals surface area contributed by atoms with Crippen molar-refractivity contribution in [2.24, 2.45) is 0 Å². The topological polar surface area (TPSA) is 79.2 Å². The van der Waals surface area contributed by atoms with Crippen LogP contribution < -0.4 is 0 Å². The van der Waals surface area contributed by atoms with E-state index in [4.69, 9.17) is 0 Å². The average Bonchev–Trinajstić information content (AvgIpc) is 3.00. The molecule has 0 aliphatic carbocycles. The normalized spacial score (nSPS) is 11.7. The first kappa shape index (κ1) is 13.8. The number of nitro groups is 1. The summed E-state index contributed by atoms with van der Waals surface area (Å²) in [6.07, 6.45) is 0. The van der Waals surface area contributed by atoms with Gasteiger partial charge < -0.3 is 10.1 Å². The standard InChI is InChI=1S/C20H12N2O3/c23-18-7-3-6-14-12(18)8-9-15-19(14)20-13-5-2-1-4-11(13)17(22(24)25)10-16(20)21-15/h1-10,21,23H. The number of nitrogens with zero attached hydrogens (tertiary/aromatic N) is 1. The van der Waals surface area contributed by atoms with Crippen LogP contribution in [0.3, 0.4) is 0 Å². The van der Waals surface area contributed by atoms with Crippen molar-refractivity contribution in [1.29, 1.82) is 0 Å². The van der Waals surface area contributed by atoms with Gasteiger partial charge in [0.05, 0.1) is 15.8 Å². The smallest absolute Gasteiger partial charge is 0.279 e. The summed E-state index contributed by atoms with van der Waals surface area (Å²) in [5.41, 5.74) is 1.69. The maximum Gasteiger partial charge on any atom is 0.279 e. The number of nitro benzene ring substituents is 1. The quantitative estimate of drug-likeness (QED) is 0.326. The number of benzene rings is 4. The van der Waals surface area contributed by atoms with Crippen LogP contribution in [0.4, 0.5) is 5.69 Å². The molecule has 1 heterocycles. The van der Waals surface area contributed by atoms with Crippen molar-refractivity contribution in [3.8, 4) is 5.75 Å². The molecule has 0 aliphatic heterocycles. The summed E-state index contributed by atoms with van der Waals surface area (Å²) in [4.78, 5) is 14.4. The van der Waals surface area contributed by atoms with Gasteiger partial charge >= 0.3 is 0 Å². The molecule has 0 radical (unpaired) electrons. The van der Waals surface area contributed by atoms with E-state index in [1.54, 1.807) is 24.3 Å². The lowest BCUT2D eigenvalue weighted by Crippen LogP contribution is -1.90. The SMILES string of the molecule is O=[N+]([O-])c1cc2[nH]c3ccc4c(O)cccc4c3c2c2ccccc12. The molecule has 4 aromatic carbocycles. The van der Waals surface area contributed by atoms with E-state index in [2.05, 4.69) is 4.98 Å². The Labute approximate surface area is 141 Å². The first-order chi connectivity index (χ1) is 12.1. The zero-order chi connectivity index (χ0) is 17.1. The number of H-pyrrole nitrogens is 1. The molecule has 0 saturated carbocycles. The Morgan fingerprint density at radius 1 is 0.800 bits per heavy atom. The van der Waals surface area contributed by atoms with Crippen molar-refractivity contribution in [3.05, 3.63) is 70.8 Å². The predicted molar refractivity (Wildman–Crippen MR) is 99.1 cm³/mol. The van der Waals surface area contributed by atoms with E-state index >= 15 is 0 Å². The largest absolute Gasteiger partial charge is 0.507 e. The molecule has 5 rings (SSSR count). The number of phenols is 1. The van der Waals surface area contributed by atoms with Crippen LogP contribution in [0.15, 0.2) is 60.7 Å². The highest BCUT2D eigenvalue weighted by Crippen LogP contribution is 2.41. The molecule has 0 bridgehead atoms. The molecule has 5 nitrogen and oxygen atoms in total. The highest BCUT2D eigenvalue weighted by atomic mass is 16.6. The Kier molecular flexibility index (Phi) is 2.60. The summed E-state index contributed by atoms with van der Waals surface area (Å²) in [7, 11) is 0. The Morgan fingerprint density at radius 3 is 2.28 bits per heavy atom. The van der Waals surface area contributed by atoms with Crippen LogP contribution in [-0.2, 0) is 0 Å². The maximum atomic E-state index is 11.5. The molecule has 0 amide bonds. The minimum absolute atomic E-state index is 0.0850. The van der Waals surface area contributed by atoms with E-state index in [0.29, 0.717) is 5.39 Å². The average molecular weight is 328 g/mol. The molecule has 120 valence electrons. The molecule has 0 fully saturated rings. The number of phenolic OH excluding ortho intramolecular Hbond substituents is 1. The van der Waals surface area contributed by atoms with E-state index in [-0.39, 0.29) is 16.4 Å². The Bertz CT molecular complexity index is 1340. The number of aromatic amines is 1. The van der Waals surface area contributed by atoms with Crippen molar-refractivity contribution in [1.82, 2.24) is 4.98 Å². The zero-order valence-electron chi connectivity index (χ0n) is 13.0. The van der Waals surface area contributed by atoms with Gasteiger partial charge in [0, 0.05) is 27.7 Å². The maximum absolute atomic E-state index is 11.5. The van der Waals surface area contributed by atoms with E-state index in [0.717, 1.165) is 38.0 Å². The summed E-state index contributed by atoms with van der Waals surface area (Å²) in [6.45, 7) is 0. The van der Waals surface area contributed by atoms with Crippen LogP contribution in [0.1, 0.15) is 0 Å². The molecule has 5 aromatic rings. The van der Waals surface area contributed by atoms with Crippen molar-refractivity contribution in [2.45, 2.75) is 0 Å². The van der Waals surface area contributed by atoms with E-state index < -0.39 is 0 Å². The van der Waals surface area contributed by atoms with Gasteiger partial charge in [0.2, 0.25) is 0 Å². The second-order valence-electron chi connectivity index (χ2n) is 6.11. The van der Waals surface area contributed by atoms with Crippen molar-refractivity contribution >= 4 is 49.0 Å². The van der Waals surface area contributed by atoms with E-state index in [9.17, 15) is 15.2 Å². The lowest BCUT2D eigenvalue weighted by molar-refractivity contribution is -0.382. The first-order valence-corrected chi connectivity index (χ1v) is 7.87. The Balaban J connectivity index is 2.13. The summed E-state index contributed by atoms with van der Waals surface area (Å²) in [6, 6.07) is 18.1. The third kappa shape index (κ3) is 1.77. The number of non-ortho nitro benzene ring substituents is 1. The van der Waals surface area contributed by atoms with Gasteiger partial charge in [0.15, 0.2) is 0 Å². The van der Waals surface area contributed by atoms with Gasteiger partial charge in [-0.2, -0.15) is 0 Å². The lowest BCUT2D eigenvalue weighted by Gasteiger charge is -2.05. The number of rotatable bonds is 1. The third-order valence-corrected chi connectivity index (χ3v) is 4.78. The van der Waals surface area contributed by atoms with Crippen LogP contribution in [0, 0.1) is 10.1 Å². The number of nitrogens with one attached hydrogen (secondary N) is 1. The molecule has 2 N–H and O–H groups in total. The molecule has 5 heteroatoms. The van der Waals surface area contributed by atoms with Gasteiger partial charge in [-0.25, -0.2) is 0 Å². The van der Waals surface area contributed by atoms with Crippen molar-refractivity contribution in [2.75, 3.05) is 0 Å². The van der Waals surface area contributed by atoms with Crippen LogP contribution in [0.25, 0.3) is 43.4 Å². The molecule has 0 spiro atoms. The Morgan fingerprint density at radius 2 is 1.48 bits per heavy atom. The Hall–Kier alpha value is -3.60. The molecule has 0 saturated heterocycles. The summed E-state index contributed by atoms with van der Waals surface area (Å²) in [5, 5.41) is 26.7. The fraction of sp³-hybridized carbons (Fsp3) is 0. The van der Waals surface area contributed by atoms with Gasteiger partial charge in [0.1, 0.15) is 5.75 Å². The molecule has 1 aromatic heterocycles. The van der Waals surface area contributed by atoms with E-state index in [1.165, 1.54) is 0 Å². The van der Waals surface area contributed by atoms with Crippen LogP contribution in [-0.4, -0.2) is 15.0 Å². The van der Waals surface area contributed by atoms with Crippen molar-refractivity contribution in [3.63, 3.8) is 0 Å². The van der Waals surface area contributed by atoms with Crippen LogP contribution in [0.5, 0.6) is 5.75 Å². The minimum atomic E-state index is -0.350.